The van der Waals surface area contributed by atoms with Gasteiger partial charge in [0.1, 0.15) is 0 Å². The van der Waals surface area contributed by atoms with Crippen LogP contribution < -0.4 is 0 Å². The van der Waals surface area contributed by atoms with Gasteiger partial charge < -0.3 is 5.11 Å². The van der Waals surface area contributed by atoms with E-state index in [1.807, 2.05) is 6.92 Å². The molecule has 0 aliphatic heterocycles. The molecule has 0 radical (unpaired) electrons. The van der Waals surface area contributed by atoms with Gasteiger partial charge in [0, 0.05) is 6.42 Å². The summed E-state index contributed by atoms with van der Waals surface area (Å²) in [6.45, 7) is 1.94. The van der Waals surface area contributed by atoms with Gasteiger partial charge in [-0.1, -0.05) is 25.5 Å². The highest BCUT2D eigenvalue weighted by Crippen LogP contribution is 2.14. The fraction of sp³-hybridized carbons (Fsp3) is 0.455. The minimum absolute atomic E-state index is 0.178. The number of halogens is 2. The summed E-state index contributed by atoms with van der Waals surface area (Å²) in [6.07, 6.45) is 1.03. The Hall–Kier alpha value is -0.960. The second kappa shape index (κ2) is 5.05. The van der Waals surface area contributed by atoms with Crippen LogP contribution in [0.5, 0.6) is 0 Å². The van der Waals surface area contributed by atoms with Gasteiger partial charge in [-0.15, -0.1) is 0 Å². The number of hydrogen-bond acceptors (Lipinski definition) is 1. The zero-order valence-electron chi connectivity index (χ0n) is 8.13. The lowest BCUT2D eigenvalue weighted by Crippen LogP contribution is -2.11. The van der Waals surface area contributed by atoms with Crippen LogP contribution in [0.3, 0.4) is 0 Å². The SMILES string of the molecule is CCCC(O)Cc1cccc(F)c1F. The fourth-order valence-electron chi connectivity index (χ4n) is 1.40. The summed E-state index contributed by atoms with van der Waals surface area (Å²) in [5, 5.41) is 9.43. The molecule has 0 amide bonds. The van der Waals surface area contributed by atoms with Crippen LogP contribution in [0.2, 0.25) is 0 Å². The molecule has 1 N–H and O–H groups in total. The van der Waals surface area contributed by atoms with Crippen molar-refractivity contribution in [2.75, 3.05) is 0 Å². The molecular formula is C11H14F2O. The van der Waals surface area contributed by atoms with Crippen LogP contribution >= 0.6 is 0 Å². The minimum Gasteiger partial charge on any atom is -0.393 e. The standard InChI is InChI=1S/C11H14F2O/c1-2-4-9(14)7-8-5-3-6-10(12)11(8)13/h3,5-6,9,14H,2,4,7H2,1H3. The van der Waals surface area contributed by atoms with Crippen LogP contribution in [-0.2, 0) is 6.42 Å². The molecule has 0 saturated carbocycles. The predicted molar refractivity (Wildman–Crippen MR) is 51.0 cm³/mol. The maximum absolute atomic E-state index is 13.1. The molecule has 1 rings (SSSR count). The third kappa shape index (κ3) is 2.77. The third-order valence-electron chi connectivity index (χ3n) is 2.11. The first kappa shape index (κ1) is 11.1. The molecule has 0 fully saturated rings. The zero-order chi connectivity index (χ0) is 10.6. The van der Waals surface area contributed by atoms with E-state index in [1.165, 1.54) is 12.1 Å². The number of benzene rings is 1. The van der Waals surface area contributed by atoms with E-state index in [0.717, 1.165) is 12.5 Å². The zero-order valence-corrected chi connectivity index (χ0v) is 8.13. The normalized spacial score (nSPS) is 12.9. The summed E-state index contributed by atoms with van der Waals surface area (Å²) in [4.78, 5) is 0. The van der Waals surface area contributed by atoms with Crippen LogP contribution in [-0.4, -0.2) is 11.2 Å². The molecule has 0 heterocycles. The summed E-state index contributed by atoms with van der Waals surface area (Å²) < 4.78 is 25.9. The van der Waals surface area contributed by atoms with Crippen LogP contribution in [0.25, 0.3) is 0 Å². The third-order valence-corrected chi connectivity index (χ3v) is 2.11. The first-order valence-electron chi connectivity index (χ1n) is 4.76. The molecule has 1 unspecified atom stereocenters. The van der Waals surface area contributed by atoms with Gasteiger partial charge in [-0.05, 0) is 18.1 Å². The van der Waals surface area contributed by atoms with Gasteiger partial charge in [0.15, 0.2) is 11.6 Å². The van der Waals surface area contributed by atoms with Crippen molar-refractivity contribution in [3.63, 3.8) is 0 Å². The van der Waals surface area contributed by atoms with Gasteiger partial charge in [0.25, 0.3) is 0 Å². The lowest BCUT2D eigenvalue weighted by atomic mass is 10.0. The number of rotatable bonds is 4. The lowest BCUT2D eigenvalue weighted by Gasteiger charge is -2.09. The molecule has 0 bridgehead atoms. The van der Waals surface area contributed by atoms with E-state index in [4.69, 9.17) is 0 Å². The topological polar surface area (TPSA) is 20.2 Å². The Bertz CT molecular complexity index is 299. The van der Waals surface area contributed by atoms with E-state index < -0.39 is 17.7 Å². The lowest BCUT2D eigenvalue weighted by molar-refractivity contribution is 0.162. The van der Waals surface area contributed by atoms with Crippen molar-refractivity contribution in [3.8, 4) is 0 Å². The van der Waals surface area contributed by atoms with Crippen LogP contribution in [0.4, 0.5) is 8.78 Å². The number of aliphatic hydroxyl groups is 1. The minimum atomic E-state index is -0.855. The molecule has 14 heavy (non-hydrogen) atoms. The van der Waals surface area contributed by atoms with Crippen molar-refractivity contribution in [2.45, 2.75) is 32.3 Å². The highest BCUT2D eigenvalue weighted by molar-refractivity contribution is 5.19. The van der Waals surface area contributed by atoms with E-state index in [9.17, 15) is 13.9 Å². The monoisotopic (exact) mass is 200 g/mol. The second-order valence-corrected chi connectivity index (χ2v) is 3.36. The number of hydrogen-bond donors (Lipinski definition) is 1. The Balaban J connectivity index is 2.71. The Morgan fingerprint density at radius 2 is 2.07 bits per heavy atom. The molecule has 1 aromatic carbocycles. The van der Waals surface area contributed by atoms with Crippen LogP contribution in [0.15, 0.2) is 18.2 Å². The molecule has 0 aliphatic rings. The molecular weight excluding hydrogens is 186 g/mol. The van der Waals surface area contributed by atoms with Gasteiger partial charge in [-0.2, -0.15) is 0 Å². The summed E-state index contributed by atoms with van der Waals surface area (Å²) in [7, 11) is 0. The summed E-state index contributed by atoms with van der Waals surface area (Å²) in [5.74, 6) is -1.70. The number of aliphatic hydroxyl groups excluding tert-OH is 1. The molecule has 0 spiro atoms. The van der Waals surface area contributed by atoms with Crippen molar-refractivity contribution in [3.05, 3.63) is 35.4 Å². The Kier molecular flexibility index (Phi) is 4.01. The van der Waals surface area contributed by atoms with Crippen LogP contribution in [0.1, 0.15) is 25.3 Å². The van der Waals surface area contributed by atoms with E-state index in [2.05, 4.69) is 0 Å². The largest absolute Gasteiger partial charge is 0.393 e. The van der Waals surface area contributed by atoms with Gasteiger partial charge in [-0.25, -0.2) is 8.78 Å². The van der Waals surface area contributed by atoms with Crippen molar-refractivity contribution in [1.29, 1.82) is 0 Å². The fourth-order valence-corrected chi connectivity index (χ4v) is 1.40. The first-order chi connectivity index (χ1) is 6.65. The highest BCUT2D eigenvalue weighted by Gasteiger charge is 2.11. The molecule has 0 aromatic heterocycles. The van der Waals surface area contributed by atoms with E-state index in [1.54, 1.807) is 0 Å². The summed E-state index contributed by atoms with van der Waals surface area (Å²) in [5.41, 5.74) is 0.242. The Labute approximate surface area is 82.4 Å². The molecule has 1 nitrogen and oxygen atoms in total. The maximum atomic E-state index is 13.1. The average molecular weight is 200 g/mol. The van der Waals surface area contributed by atoms with Crippen molar-refractivity contribution < 1.29 is 13.9 Å². The molecule has 1 aromatic rings. The van der Waals surface area contributed by atoms with E-state index >= 15 is 0 Å². The van der Waals surface area contributed by atoms with E-state index in [0.29, 0.717) is 6.42 Å². The van der Waals surface area contributed by atoms with Gasteiger partial charge in [0.2, 0.25) is 0 Å². The van der Waals surface area contributed by atoms with Crippen LogP contribution in [0, 0.1) is 11.6 Å². The van der Waals surface area contributed by atoms with Gasteiger partial charge >= 0.3 is 0 Å². The predicted octanol–water partition coefficient (Wildman–Crippen LogP) is 2.67. The highest BCUT2D eigenvalue weighted by atomic mass is 19.2. The van der Waals surface area contributed by atoms with Gasteiger partial charge in [-0.3, -0.25) is 0 Å². The summed E-state index contributed by atoms with van der Waals surface area (Å²) >= 11 is 0. The second-order valence-electron chi connectivity index (χ2n) is 3.36. The smallest absolute Gasteiger partial charge is 0.162 e. The van der Waals surface area contributed by atoms with Crippen molar-refractivity contribution >= 4 is 0 Å². The Morgan fingerprint density at radius 3 is 2.71 bits per heavy atom. The van der Waals surface area contributed by atoms with Gasteiger partial charge in [0.05, 0.1) is 6.10 Å². The first-order valence-corrected chi connectivity index (χ1v) is 4.76. The molecule has 0 saturated heterocycles. The maximum Gasteiger partial charge on any atom is 0.162 e. The average Bonchev–Trinajstić information content (AvgIpc) is 2.13. The summed E-state index contributed by atoms with van der Waals surface area (Å²) in [6, 6.07) is 4.02. The Morgan fingerprint density at radius 1 is 1.36 bits per heavy atom. The molecule has 1 atom stereocenters. The quantitative estimate of drug-likeness (QED) is 0.792. The van der Waals surface area contributed by atoms with E-state index in [-0.39, 0.29) is 12.0 Å². The molecule has 3 heteroatoms. The van der Waals surface area contributed by atoms with Crippen molar-refractivity contribution in [2.24, 2.45) is 0 Å². The van der Waals surface area contributed by atoms with Crippen molar-refractivity contribution in [1.82, 2.24) is 0 Å². The molecule has 0 aliphatic carbocycles. The molecule has 78 valence electrons.